The van der Waals surface area contributed by atoms with Crippen molar-refractivity contribution in [2.45, 2.75) is 193 Å². The second-order valence-corrected chi connectivity index (χ2v) is 25.4. The van der Waals surface area contributed by atoms with Gasteiger partial charge < -0.3 is 41.0 Å². The van der Waals surface area contributed by atoms with Gasteiger partial charge >= 0.3 is 18.3 Å². The summed E-state index contributed by atoms with van der Waals surface area (Å²) in [6, 6.07) is 14.4. The predicted octanol–water partition coefficient (Wildman–Crippen LogP) is 12.3. The number of nitrogens with two attached hydrogens (primary N) is 1. The minimum Gasteiger partial charge on any atom is -0.444 e. The van der Waals surface area contributed by atoms with Crippen LogP contribution in [0.4, 0.5) is 14.4 Å². The van der Waals surface area contributed by atoms with Crippen molar-refractivity contribution in [1.29, 1.82) is 0 Å². The first-order valence-corrected chi connectivity index (χ1v) is 25.8. The molecular formula is C57H87BrN8O9. The Hall–Kier alpha value is -5.85. The summed E-state index contributed by atoms with van der Waals surface area (Å²) in [6.07, 6.45) is 6.32. The number of halogens is 1. The minimum absolute atomic E-state index is 0.00526. The van der Waals surface area contributed by atoms with Gasteiger partial charge in [-0.05, 0) is 147 Å². The summed E-state index contributed by atoms with van der Waals surface area (Å²) < 4.78 is 16.2. The molecule has 4 aromatic rings. The number of hydrogen-bond donors (Lipinski definition) is 5. The van der Waals surface area contributed by atoms with Crippen molar-refractivity contribution in [3.8, 4) is 0 Å². The van der Waals surface area contributed by atoms with E-state index >= 15 is 0 Å². The van der Waals surface area contributed by atoms with Gasteiger partial charge in [-0.1, -0.05) is 86.6 Å². The summed E-state index contributed by atoms with van der Waals surface area (Å²) in [6.45, 7) is 36.3. The van der Waals surface area contributed by atoms with Gasteiger partial charge in [0.05, 0.1) is 11.8 Å². The summed E-state index contributed by atoms with van der Waals surface area (Å²) in [5.41, 5.74) is 9.12. The number of Topliss-reactive ketones (excluding diaryl/α,β-unsaturated/α-hetero) is 2. The summed E-state index contributed by atoms with van der Waals surface area (Å²) in [4.78, 5) is 74.9. The topological polar surface area (TPSA) is 247 Å². The normalized spacial score (nSPS) is 12.1. The molecule has 0 aliphatic heterocycles. The van der Waals surface area contributed by atoms with Crippen LogP contribution in [0.25, 0.3) is 0 Å². The van der Waals surface area contributed by atoms with Crippen LogP contribution in [0.2, 0.25) is 0 Å². The number of ketones is 2. The van der Waals surface area contributed by atoms with Crippen LogP contribution in [0, 0.1) is 16.2 Å². The molecule has 6 N–H and O–H groups in total. The zero-order chi connectivity index (χ0) is 57.6. The van der Waals surface area contributed by atoms with Gasteiger partial charge in [-0.2, -0.15) is 0 Å². The first kappa shape index (κ1) is 67.2. The van der Waals surface area contributed by atoms with Crippen molar-refractivity contribution in [1.82, 2.24) is 35.9 Å². The van der Waals surface area contributed by atoms with Crippen LogP contribution < -0.4 is 21.7 Å². The number of ether oxygens (including phenoxy) is 3. The lowest BCUT2D eigenvalue weighted by Gasteiger charge is -2.22. The van der Waals surface area contributed by atoms with E-state index in [4.69, 9.17) is 19.9 Å². The monoisotopic (exact) mass is 1110 g/mol. The van der Waals surface area contributed by atoms with Crippen molar-refractivity contribution in [2.24, 2.45) is 22.0 Å². The number of aliphatic hydroxyl groups excluding tert-OH is 1. The number of amides is 3. The average molecular weight is 1110 g/mol. The number of pyridine rings is 4. The number of nitrogens with zero attached hydrogens (tertiary/aromatic N) is 4. The van der Waals surface area contributed by atoms with Gasteiger partial charge in [0.15, 0.2) is 11.6 Å². The van der Waals surface area contributed by atoms with Crippen LogP contribution in [0.15, 0.2) is 77.9 Å². The molecule has 1 atom stereocenters. The van der Waals surface area contributed by atoms with E-state index in [9.17, 15) is 29.1 Å². The first-order valence-electron chi connectivity index (χ1n) is 25.0. The molecule has 3 amide bonds. The molecule has 0 bridgehead atoms. The molecule has 0 spiro atoms. The third kappa shape index (κ3) is 34.4. The number of hydrogen-bond acceptors (Lipinski definition) is 14. The van der Waals surface area contributed by atoms with Gasteiger partial charge in [-0.25, -0.2) is 19.4 Å². The molecule has 416 valence electrons. The number of carbonyl (C=O) groups excluding carboxylic acids is 5. The molecule has 0 aliphatic carbocycles. The standard InChI is InChI=1S/C17H28N2O3.C17H26N2O3.C12H18N2O.C11H15BrN2O2/c2*1-16(2,3)9-14(20)13-8-7-12(10-18-13)11-19-15(21)22-17(4,5)6;1-12(2,3)6-11(15)10-5-4-9(7-13)8-14-10;1-11(2,3)16-10(15)14-7-8-4-5-9(12)13-6-8/h7-8,10,14,20H,9,11H2,1-6H3,(H,19,21);7-8,10H,9,11H2,1-6H3,(H,19,21);4-5,8H,6-7,13H2,1-3H3;4-6H,7H2,1-3H3,(H,14,15). The Bertz CT molecular complexity index is 2370. The molecular weight excluding hydrogens is 1020 g/mol. The highest BCUT2D eigenvalue weighted by Gasteiger charge is 2.22. The Morgan fingerprint density at radius 1 is 0.493 bits per heavy atom. The van der Waals surface area contributed by atoms with Crippen LogP contribution in [0.3, 0.4) is 0 Å². The van der Waals surface area contributed by atoms with E-state index in [-0.39, 0.29) is 27.8 Å². The maximum absolute atomic E-state index is 12.0. The number of aliphatic hydroxyl groups is 1. The fourth-order valence-corrected chi connectivity index (χ4v) is 6.18. The Morgan fingerprint density at radius 3 is 1.09 bits per heavy atom. The van der Waals surface area contributed by atoms with Gasteiger partial charge in [0, 0.05) is 63.8 Å². The van der Waals surface area contributed by atoms with Gasteiger partial charge in [0.25, 0.3) is 0 Å². The predicted molar refractivity (Wildman–Crippen MR) is 298 cm³/mol. The molecule has 4 aromatic heterocycles. The molecule has 0 saturated heterocycles. The Labute approximate surface area is 455 Å². The summed E-state index contributed by atoms with van der Waals surface area (Å²) in [5, 5.41) is 18.1. The van der Waals surface area contributed by atoms with Crippen LogP contribution >= 0.6 is 15.9 Å². The maximum atomic E-state index is 12.0. The van der Waals surface area contributed by atoms with E-state index in [1.54, 1.807) is 49.1 Å². The van der Waals surface area contributed by atoms with Crippen molar-refractivity contribution >= 4 is 45.8 Å². The maximum Gasteiger partial charge on any atom is 0.407 e. The molecule has 4 rings (SSSR count). The third-order valence-corrected chi connectivity index (χ3v) is 9.60. The lowest BCUT2D eigenvalue weighted by Crippen LogP contribution is -2.32. The lowest BCUT2D eigenvalue weighted by atomic mass is 9.88. The third-order valence-electron chi connectivity index (χ3n) is 9.13. The van der Waals surface area contributed by atoms with Gasteiger partial charge in [-0.15, -0.1) is 0 Å². The molecule has 18 heteroatoms. The van der Waals surface area contributed by atoms with Crippen molar-refractivity contribution in [3.05, 3.63) is 117 Å². The molecule has 0 aliphatic rings. The molecule has 0 radical (unpaired) electrons. The van der Waals surface area contributed by atoms with Crippen LogP contribution in [-0.2, 0) is 40.4 Å². The highest BCUT2D eigenvalue weighted by atomic mass is 79.9. The Balaban J connectivity index is 0.000000507. The van der Waals surface area contributed by atoms with Crippen LogP contribution in [0.1, 0.15) is 199 Å². The number of alkyl carbamates (subject to hydrolysis) is 3. The van der Waals surface area contributed by atoms with Crippen LogP contribution in [0.5, 0.6) is 0 Å². The summed E-state index contributed by atoms with van der Waals surface area (Å²) in [7, 11) is 0. The second-order valence-electron chi connectivity index (χ2n) is 24.6. The van der Waals surface area contributed by atoms with Crippen molar-refractivity contribution in [2.75, 3.05) is 0 Å². The zero-order valence-electron chi connectivity index (χ0n) is 47.9. The number of rotatable bonds is 13. The van der Waals surface area contributed by atoms with E-state index in [0.29, 0.717) is 62.5 Å². The van der Waals surface area contributed by atoms with Crippen molar-refractivity contribution < 1.29 is 43.3 Å². The van der Waals surface area contributed by atoms with Gasteiger partial charge in [0.1, 0.15) is 32.8 Å². The summed E-state index contributed by atoms with van der Waals surface area (Å²) in [5.74, 6) is 0.116. The molecule has 0 aromatic carbocycles. The number of aromatic nitrogens is 4. The number of nitrogens with one attached hydrogen (secondary N) is 3. The van der Waals surface area contributed by atoms with Crippen LogP contribution in [-0.4, -0.2) is 71.7 Å². The molecule has 1 unspecified atom stereocenters. The largest absolute Gasteiger partial charge is 0.444 e. The molecule has 0 fully saturated rings. The average Bonchev–Trinajstić information content (AvgIpc) is 3.25. The second kappa shape index (κ2) is 30.0. The van der Waals surface area contributed by atoms with Gasteiger partial charge in [0.2, 0.25) is 0 Å². The highest BCUT2D eigenvalue weighted by molar-refractivity contribution is 9.10. The molecule has 17 nitrogen and oxygen atoms in total. The smallest absolute Gasteiger partial charge is 0.407 e. The van der Waals surface area contributed by atoms with Gasteiger partial charge in [-0.3, -0.25) is 24.5 Å². The minimum atomic E-state index is -0.576. The van der Waals surface area contributed by atoms with E-state index in [0.717, 1.165) is 26.9 Å². The Kier molecular flexibility index (Phi) is 26.9. The lowest BCUT2D eigenvalue weighted by molar-refractivity contribution is 0.0512. The summed E-state index contributed by atoms with van der Waals surface area (Å²) >= 11 is 3.24. The zero-order valence-corrected chi connectivity index (χ0v) is 49.5. The Morgan fingerprint density at radius 2 is 0.827 bits per heavy atom. The molecule has 0 saturated carbocycles. The van der Waals surface area contributed by atoms with E-state index < -0.39 is 41.2 Å². The van der Waals surface area contributed by atoms with E-state index in [1.165, 1.54) is 0 Å². The fraction of sp³-hybridized carbons (Fsp3) is 0.561. The SMILES string of the molecule is CC(C)(C)CC(=O)c1ccc(CN)cn1.CC(C)(C)CC(=O)c1ccc(CNC(=O)OC(C)(C)C)cn1.CC(C)(C)CC(O)c1ccc(CNC(=O)OC(C)(C)C)cn1.CC(C)(C)OC(=O)NCc1ccc(Br)nc1. The first-order chi connectivity index (χ1) is 34.2. The fourth-order valence-electron chi connectivity index (χ4n) is 5.95. The van der Waals surface area contributed by atoms with E-state index in [2.05, 4.69) is 72.6 Å². The molecule has 4 heterocycles. The molecule has 75 heavy (non-hydrogen) atoms. The highest BCUT2D eigenvalue weighted by Crippen LogP contribution is 2.28. The van der Waals surface area contributed by atoms with Crippen molar-refractivity contribution in [3.63, 3.8) is 0 Å². The van der Waals surface area contributed by atoms with E-state index in [1.807, 2.05) is 128 Å². The quantitative estimate of drug-likeness (QED) is 0.0475. The number of carbonyl (C=O) groups is 5.